The number of carbonyl (C=O) groups is 2. The van der Waals surface area contributed by atoms with Crippen molar-refractivity contribution in [1.29, 1.82) is 0 Å². The fourth-order valence-corrected chi connectivity index (χ4v) is 1.98. The van der Waals surface area contributed by atoms with E-state index in [1.54, 1.807) is 42.7 Å². The SMILES string of the molecule is O=C(O)COc1cccc(C(O)CNC(=O)C=Cc2cccnc2)c1. The smallest absolute Gasteiger partial charge is 0.341 e. The molecule has 3 N–H and O–H groups in total. The van der Waals surface area contributed by atoms with Gasteiger partial charge in [0, 0.05) is 25.0 Å². The second-order valence-electron chi connectivity index (χ2n) is 5.14. The van der Waals surface area contributed by atoms with Crippen molar-refractivity contribution in [1.82, 2.24) is 10.3 Å². The van der Waals surface area contributed by atoms with Crippen molar-refractivity contribution >= 4 is 18.0 Å². The lowest BCUT2D eigenvalue weighted by atomic mass is 10.1. The first-order chi connectivity index (χ1) is 12.0. The lowest BCUT2D eigenvalue weighted by Crippen LogP contribution is -2.26. The maximum absolute atomic E-state index is 11.8. The topological polar surface area (TPSA) is 109 Å². The molecule has 2 rings (SSSR count). The normalized spacial score (nSPS) is 11.9. The number of rotatable bonds is 8. The predicted molar refractivity (Wildman–Crippen MR) is 90.8 cm³/mol. The highest BCUT2D eigenvalue weighted by atomic mass is 16.5. The van der Waals surface area contributed by atoms with Crippen LogP contribution in [0.1, 0.15) is 17.2 Å². The maximum atomic E-state index is 11.8. The molecule has 1 atom stereocenters. The van der Waals surface area contributed by atoms with Crippen LogP contribution in [0.15, 0.2) is 54.9 Å². The molecule has 25 heavy (non-hydrogen) atoms. The zero-order valence-corrected chi connectivity index (χ0v) is 13.3. The van der Waals surface area contributed by atoms with Crippen molar-refractivity contribution in [3.05, 3.63) is 66.0 Å². The molecule has 7 nitrogen and oxygen atoms in total. The summed E-state index contributed by atoms with van der Waals surface area (Å²) < 4.78 is 5.06. The van der Waals surface area contributed by atoms with Gasteiger partial charge in [-0.05, 0) is 35.4 Å². The summed E-state index contributed by atoms with van der Waals surface area (Å²) >= 11 is 0. The Bertz CT molecular complexity index is 746. The number of carboxylic acids is 1. The Labute approximate surface area is 144 Å². The van der Waals surface area contributed by atoms with Gasteiger partial charge in [-0.3, -0.25) is 9.78 Å². The average Bonchev–Trinajstić information content (AvgIpc) is 2.63. The van der Waals surface area contributed by atoms with Gasteiger partial charge in [-0.25, -0.2) is 4.79 Å². The Morgan fingerprint density at radius 2 is 2.12 bits per heavy atom. The summed E-state index contributed by atoms with van der Waals surface area (Å²) in [7, 11) is 0. The van der Waals surface area contributed by atoms with E-state index < -0.39 is 18.7 Å². The Balaban J connectivity index is 1.86. The fourth-order valence-electron chi connectivity index (χ4n) is 1.98. The molecule has 1 aromatic carbocycles. The zero-order valence-electron chi connectivity index (χ0n) is 13.3. The van der Waals surface area contributed by atoms with Gasteiger partial charge >= 0.3 is 5.97 Å². The molecular formula is C18H18N2O5. The molecule has 0 aliphatic rings. The minimum Gasteiger partial charge on any atom is -0.482 e. The summed E-state index contributed by atoms with van der Waals surface area (Å²) in [4.78, 5) is 26.2. The molecular weight excluding hydrogens is 324 g/mol. The molecule has 0 saturated heterocycles. The quantitative estimate of drug-likeness (QED) is 0.626. The van der Waals surface area contributed by atoms with Gasteiger partial charge in [0.25, 0.3) is 0 Å². The number of carboxylic acid groups (broad SMARTS) is 1. The van der Waals surface area contributed by atoms with Crippen LogP contribution >= 0.6 is 0 Å². The number of hydrogen-bond donors (Lipinski definition) is 3. The molecule has 130 valence electrons. The van der Waals surface area contributed by atoms with Gasteiger partial charge < -0.3 is 20.3 Å². The number of nitrogens with zero attached hydrogens (tertiary/aromatic N) is 1. The predicted octanol–water partition coefficient (Wildman–Crippen LogP) is 1.41. The highest BCUT2D eigenvalue weighted by molar-refractivity contribution is 5.91. The first kappa shape index (κ1) is 18.2. The molecule has 1 unspecified atom stereocenters. The van der Waals surface area contributed by atoms with E-state index in [0.29, 0.717) is 11.3 Å². The van der Waals surface area contributed by atoms with Gasteiger partial charge in [0.15, 0.2) is 6.61 Å². The number of carbonyl (C=O) groups excluding carboxylic acids is 1. The van der Waals surface area contributed by atoms with Crippen molar-refractivity contribution in [3.8, 4) is 5.75 Å². The third kappa shape index (κ3) is 6.44. The van der Waals surface area contributed by atoms with Crippen LogP contribution in [0.25, 0.3) is 6.08 Å². The Morgan fingerprint density at radius 1 is 1.28 bits per heavy atom. The number of aromatic nitrogens is 1. The zero-order chi connectivity index (χ0) is 18.1. The summed E-state index contributed by atoms with van der Waals surface area (Å²) in [5.74, 6) is -1.10. The molecule has 1 heterocycles. The number of nitrogens with one attached hydrogen (secondary N) is 1. The van der Waals surface area contributed by atoms with Crippen molar-refractivity contribution < 1.29 is 24.5 Å². The molecule has 0 aliphatic carbocycles. The van der Waals surface area contributed by atoms with E-state index in [-0.39, 0.29) is 12.5 Å². The van der Waals surface area contributed by atoms with E-state index in [9.17, 15) is 14.7 Å². The monoisotopic (exact) mass is 342 g/mol. The van der Waals surface area contributed by atoms with E-state index in [4.69, 9.17) is 9.84 Å². The van der Waals surface area contributed by atoms with Crippen molar-refractivity contribution in [2.75, 3.05) is 13.2 Å². The van der Waals surface area contributed by atoms with Crippen molar-refractivity contribution in [2.45, 2.75) is 6.10 Å². The number of ether oxygens (including phenoxy) is 1. The highest BCUT2D eigenvalue weighted by Crippen LogP contribution is 2.19. The highest BCUT2D eigenvalue weighted by Gasteiger charge is 2.10. The first-order valence-corrected chi connectivity index (χ1v) is 7.53. The van der Waals surface area contributed by atoms with Gasteiger partial charge in [-0.1, -0.05) is 18.2 Å². The Kier molecular flexibility index (Phi) is 6.67. The summed E-state index contributed by atoms with van der Waals surface area (Å²) in [6, 6.07) is 10.0. The summed E-state index contributed by atoms with van der Waals surface area (Å²) in [6.45, 7) is -0.450. The standard InChI is InChI=1S/C18H18N2O5/c21-16(14-4-1-5-15(9-14)25-12-18(23)24)11-20-17(22)7-6-13-3-2-8-19-10-13/h1-10,16,21H,11-12H2,(H,20,22)(H,23,24). The third-order valence-corrected chi connectivity index (χ3v) is 3.19. The molecule has 0 radical (unpaired) electrons. The van der Waals surface area contributed by atoms with E-state index >= 15 is 0 Å². The Morgan fingerprint density at radius 3 is 2.84 bits per heavy atom. The van der Waals surface area contributed by atoms with Crippen LogP contribution in [0.5, 0.6) is 5.75 Å². The van der Waals surface area contributed by atoms with Crippen LogP contribution in [0.2, 0.25) is 0 Å². The molecule has 2 aromatic rings. The summed E-state index contributed by atoms with van der Waals surface area (Å²) in [6.07, 6.45) is 5.30. The molecule has 1 amide bonds. The largest absolute Gasteiger partial charge is 0.482 e. The molecule has 7 heteroatoms. The maximum Gasteiger partial charge on any atom is 0.341 e. The van der Waals surface area contributed by atoms with Gasteiger partial charge in [-0.2, -0.15) is 0 Å². The van der Waals surface area contributed by atoms with Gasteiger partial charge in [0.05, 0.1) is 6.10 Å². The lowest BCUT2D eigenvalue weighted by Gasteiger charge is -2.13. The number of pyridine rings is 1. The van der Waals surface area contributed by atoms with Crippen LogP contribution in [-0.4, -0.2) is 40.2 Å². The number of benzene rings is 1. The van der Waals surface area contributed by atoms with Crippen LogP contribution in [0.3, 0.4) is 0 Å². The summed E-state index contributed by atoms with van der Waals surface area (Å²) in [5, 5.41) is 21.3. The minimum atomic E-state index is -1.08. The molecule has 0 fully saturated rings. The van der Waals surface area contributed by atoms with Gasteiger partial charge in [-0.15, -0.1) is 0 Å². The first-order valence-electron chi connectivity index (χ1n) is 7.53. The van der Waals surface area contributed by atoms with Crippen LogP contribution in [-0.2, 0) is 9.59 Å². The molecule has 0 bridgehead atoms. The van der Waals surface area contributed by atoms with E-state index in [0.717, 1.165) is 5.56 Å². The van der Waals surface area contributed by atoms with E-state index in [1.807, 2.05) is 6.07 Å². The second kappa shape index (κ2) is 9.19. The van der Waals surface area contributed by atoms with Crippen LogP contribution in [0, 0.1) is 0 Å². The van der Waals surface area contributed by atoms with Crippen molar-refractivity contribution in [3.63, 3.8) is 0 Å². The molecule has 0 aliphatic heterocycles. The third-order valence-electron chi connectivity index (χ3n) is 3.19. The number of aliphatic hydroxyl groups is 1. The minimum absolute atomic E-state index is 0.0125. The number of aliphatic carboxylic acids is 1. The summed E-state index contributed by atoms with van der Waals surface area (Å²) in [5.41, 5.74) is 1.31. The number of aliphatic hydroxyl groups excluding tert-OH is 1. The fraction of sp³-hybridized carbons (Fsp3) is 0.167. The van der Waals surface area contributed by atoms with Crippen LogP contribution < -0.4 is 10.1 Å². The van der Waals surface area contributed by atoms with E-state index in [2.05, 4.69) is 10.3 Å². The van der Waals surface area contributed by atoms with E-state index in [1.165, 1.54) is 12.1 Å². The molecule has 1 aromatic heterocycles. The number of amides is 1. The van der Waals surface area contributed by atoms with Crippen molar-refractivity contribution in [2.24, 2.45) is 0 Å². The van der Waals surface area contributed by atoms with Gasteiger partial charge in [0.2, 0.25) is 5.91 Å². The Hall–Kier alpha value is -3.19. The average molecular weight is 342 g/mol. The van der Waals surface area contributed by atoms with Gasteiger partial charge in [0.1, 0.15) is 5.75 Å². The molecule has 0 spiro atoms. The lowest BCUT2D eigenvalue weighted by molar-refractivity contribution is -0.139. The molecule has 0 saturated carbocycles. The second-order valence-corrected chi connectivity index (χ2v) is 5.14. The van der Waals surface area contributed by atoms with Crippen LogP contribution in [0.4, 0.5) is 0 Å². The number of hydrogen-bond acceptors (Lipinski definition) is 5.